The number of hydrogen-bond acceptors (Lipinski definition) is 4. The van der Waals surface area contributed by atoms with Gasteiger partial charge in [0.15, 0.2) is 0 Å². The van der Waals surface area contributed by atoms with Crippen molar-refractivity contribution in [3.05, 3.63) is 58.7 Å². The van der Waals surface area contributed by atoms with Gasteiger partial charge in [0, 0.05) is 5.69 Å². The zero-order valence-electron chi connectivity index (χ0n) is 18.5. The molecule has 1 heterocycles. The molecular formula is C26H33NO3. The molecule has 0 radical (unpaired) electrons. The molecule has 0 aromatic heterocycles. The molecule has 1 fully saturated rings. The zero-order chi connectivity index (χ0) is 21.3. The highest BCUT2D eigenvalue weighted by molar-refractivity contribution is 5.92. The first-order chi connectivity index (χ1) is 14.5. The van der Waals surface area contributed by atoms with Crippen LogP contribution in [0.25, 0.3) is 0 Å². The van der Waals surface area contributed by atoms with Crippen molar-refractivity contribution in [2.24, 2.45) is 11.8 Å². The standard InChI is InChI=1S/C26H33NO3/c1-5-29-26(28)21-11-10-18(14-24(21)30-15-16(2)3)25-20-8-6-7-19(20)22-13-17(4)9-12-23(22)27-25/h9-14,16,19-20,25,27H,5-8,15H2,1-4H3/t19-,20+,25+/m1/s1. The molecule has 2 aromatic rings. The number of aryl methyl sites for hydroxylation is 1. The summed E-state index contributed by atoms with van der Waals surface area (Å²) in [5.74, 6) is 1.84. The normalized spacial score (nSPS) is 22.2. The third kappa shape index (κ3) is 4.05. The van der Waals surface area contributed by atoms with Gasteiger partial charge in [-0.25, -0.2) is 4.79 Å². The summed E-state index contributed by atoms with van der Waals surface area (Å²) in [6.07, 6.45) is 3.73. The van der Waals surface area contributed by atoms with Crippen molar-refractivity contribution >= 4 is 11.7 Å². The van der Waals surface area contributed by atoms with Crippen molar-refractivity contribution in [2.45, 2.75) is 58.9 Å². The Balaban J connectivity index is 1.69. The summed E-state index contributed by atoms with van der Waals surface area (Å²) < 4.78 is 11.3. The predicted molar refractivity (Wildman–Crippen MR) is 120 cm³/mol. The average molecular weight is 408 g/mol. The zero-order valence-corrected chi connectivity index (χ0v) is 18.5. The van der Waals surface area contributed by atoms with Gasteiger partial charge in [-0.2, -0.15) is 0 Å². The third-order valence-electron chi connectivity index (χ3n) is 6.35. The van der Waals surface area contributed by atoms with Crippen LogP contribution in [0.15, 0.2) is 36.4 Å². The second kappa shape index (κ2) is 8.71. The average Bonchev–Trinajstić information content (AvgIpc) is 3.22. The van der Waals surface area contributed by atoms with Crippen LogP contribution in [0.4, 0.5) is 5.69 Å². The first kappa shape index (κ1) is 20.8. The summed E-state index contributed by atoms with van der Waals surface area (Å²) >= 11 is 0. The van der Waals surface area contributed by atoms with Crippen molar-refractivity contribution in [1.29, 1.82) is 0 Å². The lowest BCUT2D eigenvalue weighted by Crippen LogP contribution is -2.29. The predicted octanol–water partition coefficient (Wildman–Crippen LogP) is 6.26. The number of ether oxygens (including phenoxy) is 2. The summed E-state index contributed by atoms with van der Waals surface area (Å²) in [4.78, 5) is 12.5. The first-order valence-corrected chi connectivity index (χ1v) is 11.3. The maximum absolute atomic E-state index is 12.5. The van der Waals surface area contributed by atoms with Crippen LogP contribution >= 0.6 is 0 Å². The maximum Gasteiger partial charge on any atom is 0.341 e. The fraction of sp³-hybridized carbons (Fsp3) is 0.500. The number of hydrogen-bond donors (Lipinski definition) is 1. The molecule has 2 aromatic carbocycles. The minimum absolute atomic E-state index is 0.227. The fourth-order valence-electron chi connectivity index (χ4n) is 4.99. The number of fused-ring (bicyclic) bond motifs is 3. The Morgan fingerprint density at radius 1 is 1.17 bits per heavy atom. The van der Waals surface area contributed by atoms with Gasteiger partial charge in [-0.05, 0) is 73.8 Å². The number of esters is 1. The molecule has 1 aliphatic carbocycles. The monoisotopic (exact) mass is 407 g/mol. The van der Waals surface area contributed by atoms with Crippen molar-refractivity contribution in [3.8, 4) is 5.75 Å². The molecule has 1 aliphatic heterocycles. The Bertz CT molecular complexity index is 920. The number of carbonyl (C=O) groups is 1. The van der Waals surface area contributed by atoms with Gasteiger partial charge < -0.3 is 14.8 Å². The number of nitrogens with one attached hydrogen (secondary N) is 1. The van der Waals surface area contributed by atoms with Crippen LogP contribution < -0.4 is 10.1 Å². The van der Waals surface area contributed by atoms with Gasteiger partial charge in [0.25, 0.3) is 0 Å². The highest BCUT2D eigenvalue weighted by atomic mass is 16.5. The maximum atomic E-state index is 12.5. The van der Waals surface area contributed by atoms with Crippen molar-refractivity contribution in [1.82, 2.24) is 0 Å². The molecule has 0 bridgehead atoms. The lowest BCUT2D eigenvalue weighted by molar-refractivity contribution is 0.0521. The lowest BCUT2D eigenvalue weighted by Gasteiger charge is -2.38. The van der Waals surface area contributed by atoms with Crippen LogP contribution in [-0.2, 0) is 4.74 Å². The topological polar surface area (TPSA) is 47.6 Å². The minimum Gasteiger partial charge on any atom is -0.492 e. The van der Waals surface area contributed by atoms with E-state index in [0.717, 1.165) is 0 Å². The highest BCUT2D eigenvalue weighted by Gasteiger charge is 2.40. The molecule has 1 N–H and O–H groups in total. The molecule has 160 valence electrons. The quantitative estimate of drug-likeness (QED) is 0.574. The summed E-state index contributed by atoms with van der Waals surface area (Å²) in [5, 5.41) is 3.81. The van der Waals surface area contributed by atoms with Gasteiger partial charge in [-0.1, -0.05) is 44.0 Å². The van der Waals surface area contributed by atoms with Gasteiger partial charge in [0.1, 0.15) is 11.3 Å². The largest absolute Gasteiger partial charge is 0.492 e. The van der Waals surface area contributed by atoms with E-state index in [0.29, 0.717) is 42.3 Å². The molecule has 4 nitrogen and oxygen atoms in total. The number of rotatable bonds is 6. The van der Waals surface area contributed by atoms with Crippen molar-refractivity contribution in [2.75, 3.05) is 18.5 Å². The van der Waals surface area contributed by atoms with Crippen LogP contribution in [0.1, 0.15) is 79.0 Å². The Morgan fingerprint density at radius 2 is 2.00 bits per heavy atom. The molecule has 2 aliphatic rings. The van der Waals surface area contributed by atoms with E-state index < -0.39 is 0 Å². The number of benzene rings is 2. The van der Waals surface area contributed by atoms with Gasteiger partial charge >= 0.3 is 5.97 Å². The van der Waals surface area contributed by atoms with Crippen molar-refractivity contribution in [3.63, 3.8) is 0 Å². The van der Waals surface area contributed by atoms with Crippen LogP contribution in [0, 0.1) is 18.8 Å². The van der Waals surface area contributed by atoms with E-state index in [1.165, 1.54) is 41.6 Å². The van der Waals surface area contributed by atoms with E-state index >= 15 is 0 Å². The highest BCUT2D eigenvalue weighted by Crippen LogP contribution is 2.53. The second-order valence-corrected chi connectivity index (χ2v) is 9.09. The SMILES string of the molecule is CCOC(=O)c1ccc([C@@H]2Nc3ccc(C)cc3[C@@H]3CCC[C@@H]32)cc1OCC(C)C. The van der Waals surface area contributed by atoms with E-state index in [-0.39, 0.29) is 12.0 Å². The van der Waals surface area contributed by atoms with Crippen molar-refractivity contribution < 1.29 is 14.3 Å². The lowest BCUT2D eigenvalue weighted by atomic mass is 9.77. The molecule has 0 saturated heterocycles. The molecule has 4 heteroatoms. The molecular weight excluding hydrogens is 374 g/mol. The Kier molecular flexibility index (Phi) is 6.03. The number of anilines is 1. The summed E-state index contributed by atoms with van der Waals surface area (Å²) in [6.45, 7) is 9.14. The summed E-state index contributed by atoms with van der Waals surface area (Å²) in [6, 6.07) is 13.0. The molecule has 4 rings (SSSR count). The molecule has 3 atom stereocenters. The van der Waals surface area contributed by atoms with E-state index in [9.17, 15) is 4.79 Å². The number of carbonyl (C=O) groups excluding carboxylic acids is 1. The molecule has 1 saturated carbocycles. The molecule has 0 unspecified atom stereocenters. The molecule has 30 heavy (non-hydrogen) atoms. The van der Waals surface area contributed by atoms with Gasteiger partial charge in [-0.3, -0.25) is 0 Å². The minimum atomic E-state index is -0.320. The fourth-order valence-corrected chi connectivity index (χ4v) is 4.99. The van der Waals surface area contributed by atoms with E-state index in [1.807, 2.05) is 13.0 Å². The van der Waals surface area contributed by atoms with Crippen LogP contribution in [0.3, 0.4) is 0 Å². The van der Waals surface area contributed by atoms with Crippen LogP contribution in [0.5, 0.6) is 5.75 Å². The first-order valence-electron chi connectivity index (χ1n) is 11.3. The van der Waals surface area contributed by atoms with E-state index in [2.05, 4.69) is 56.4 Å². The summed E-state index contributed by atoms with van der Waals surface area (Å²) in [5.41, 5.74) is 5.73. The van der Waals surface area contributed by atoms with E-state index in [1.54, 1.807) is 0 Å². The Labute approximate surface area is 180 Å². The van der Waals surface area contributed by atoms with E-state index in [4.69, 9.17) is 9.47 Å². The van der Waals surface area contributed by atoms with Gasteiger partial charge in [0.05, 0.1) is 19.3 Å². The Hall–Kier alpha value is -2.49. The molecule has 0 amide bonds. The van der Waals surface area contributed by atoms with Gasteiger partial charge in [-0.15, -0.1) is 0 Å². The smallest absolute Gasteiger partial charge is 0.341 e. The Morgan fingerprint density at radius 3 is 2.77 bits per heavy atom. The van der Waals surface area contributed by atoms with Crippen LogP contribution in [-0.4, -0.2) is 19.2 Å². The third-order valence-corrected chi connectivity index (χ3v) is 6.35. The summed E-state index contributed by atoms with van der Waals surface area (Å²) in [7, 11) is 0. The van der Waals surface area contributed by atoms with Gasteiger partial charge in [0.2, 0.25) is 0 Å². The second-order valence-electron chi connectivity index (χ2n) is 9.09. The molecule has 0 spiro atoms. The van der Waals surface area contributed by atoms with Crippen LogP contribution in [0.2, 0.25) is 0 Å².